The Morgan fingerprint density at radius 1 is 0.933 bits per heavy atom. The Kier molecular flexibility index (Phi) is 17.1. The molecule has 0 aliphatic rings. The number of aromatic nitrogens is 2. The largest absolute Gasteiger partial charge is 0.492 e. The number of fused-ring (bicyclic) bond motifs is 1. The first-order valence-corrected chi connectivity index (χ1v) is 23.8. The molecule has 1 aromatic heterocycles. The molecule has 0 aliphatic heterocycles. The number of rotatable bonds is 20. The summed E-state index contributed by atoms with van der Waals surface area (Å²) in [6.07, 6.45) is -1.40. The van der Waals surface area contributed by atoms with Gasteiger partial charge in [0.25, 0.3) is 11.3 Å². The van der Waals surface area contributed by atoms with Crippen LogP contribution in [0, 0.1) is 0 Å². The van der Waals surface area contributed by atoms with Crippen LogP contribution in [0.1, 0.15) is 79.5 Å². The monoisotopic (exact) mass is 894 g/mol. The summed E-state index contributed by atoms with van der Waals surface area (Å²) in [5.41, 5.74) is 0.376. The molecule has 18 heteroatoms. The highest BCUT2D eigenvalue weighted by Gasteiger charge is 2.34. The van der Waals surface area contributed by atoms with Gasteiger partial charge in [-0.15, -0.1) is 5.10 Å². The van der Waals surface area contributed by atoms with Crippen molar-refractivity contribution in [3.8, 4) is 11.6 Å². The van der Waals surface area contributed by atoms with Crippen molar-refractivity contribution in [2.45, 2.75) is 111 Å². The molecule has 3 aromatic carbocycles. The summed E-state index contributed by atoms with van der Waals surface area (Å²) < 4.78 is 80.5. The van der Waals surface area contributed by atoms with Crippen molar-refractivity contribution >= 4 is 59.8 Å². The fourth-order valence-corrected chi connectivity index (χ4v) is 10.1. The first-order chi connectivity index (χ1) is 28.2. The fourth-order valence-electron chi connectivity index (χ4n) is 6.52. The third-order valence-electron chi connectivity index (χ3n) is 9.55. The van der Waals surface area contributed by atoms with Crippen LogP contribution in [-0.2, 0) is 36.5 Å². The summed E-state index contributed by atoms with van der Waals surface area (Å²) in [6.45, 7) is 14.3. The van der Waals surface area contributed by atoms with Gasteiger partial charge >= 0.3 is 18.7 Å². The SMILES string of the molecule is CC[Si](CC)(CC)OC(CN(CCOc1ccc2c(OC(F)F)nn(C(=O)OC(C)(C)C)c2c1)Cc1ccccc1)c1ccc(Cl)c(N(CC(=O)OC(C)(C)C)S(=O)O)c1. The number of hydrogen-bond donors (Lipinski definition) is 1. The average molecular weight is 896 g/mol. The van der Waals surface area contributed by atoms with E-state index < -0.39 is 68.0 Å². The van der Waals surface area contributed by atoms with Gasteiger partial charge in [0.05, 0.1) is 27.7 Å². The van der Waals surface area contributed by atoms with Gasteiger partial charge in [-0.25, -0.2) is 9.00 Å². The molecular weight excluding hydrogens is 838 g/mol. The first kappa shape index (κ1) is 48.5. The van der Waals surface area contributed by atoms with Crippen LogP contribution in [0.2, 0.25) is 23.2 Å². The smallest absolute Gasteiger partial charge is 0.435 e. The highest BCUT2D eigenvalue weighted by atomic mass is 35.5. The Hall–Kier alpha value is -4.13. The van der Waals surface area contributed by atoms with E-state index >= 15 is 0 Å². The second-order valence-electron chi connectivity index (χ2n) is 16.2. The maximum atomic E-state index is 13.3. The zero-order valence-electron chi connectivity index (χ0n) is 35.7. The number of nitrogens with zero attached hydrogens (tertiary/aromatic N) is 4. The predicted molar refractivity (Wildman–Crippen MR) is 232 cm³/mol. The second kappa shape index (κ2) is 21.1. The maximum absolute atomic E-state index is 13.3. The van der Waals surface area contributed by atoms with Crippen molar-refractivity contribution in [2.24, 2.45) is 0 Å². The number of anilines is 1. The van der Waals surface area contributed by atoms with Crippen molar-refractivity contribution in [3.63, 3.8) is 0 Å². The minimum Gasteiger partial charge on any atom is -0.492 e. The van der Waals surface area contributed by atoms with E-state index in [9.17, 15) is 27.1 Å². The summed E-state index contributed by atoms with van der Waals surface area (Å²) in [5.74, 6) is -0.771. The maximum Gasteiger partial charge on any atom is 0.435 e. The number of halogens is 3. The number of carbonyl (C=O) groups excluding carboxylic acids is 2. The van der Waals surface area contributed by atoms with Gasteiger partial charge in [-0.05, 0) is 95.1 Å². The molecule has 2 unspecified atom stereocenters. The predicted octanol–water partition coefficient (Wildman–Crippen LogP) is 10.0. The zero-order chi connectivity index (χ0) is 44.4. The van der Waals surface area contributed by atoms with Crippen molar-refractivity contribution in [1.29, 1.82) is 0 Å². The quantitative estimate of drug-likeness (QED) is 0.0515. The third-order valence-corrected chi connectivity index (χ3v) is 15.2. The lowest BCUT2D eigenvalue weighted by atomic mass is 10.1. The normalized spacial score (nSPS) is 13.4. The van der Waals surface area contributed by atoms with E-state index in [1.807, 2.05) is 36.4 Å². The Balaban J connectivity index is 1.70. The van der Waals surface area contributed by atoms with Crippen LogP contribution in [0.3, 0.4) is 0 Å². The first-order valence-electron chi connectivity index (χ1n) is 19.8. The lowest BCUT2D eigenvalue weighted by molar-refractivity contribution is -0.152. The molecule has 1 N–H and O–H groups in total. The number of esters is 1. The van der Waals surface area contributed by atoms with Gasteiger partial charge in [-0.1, -0.05) is 68.8 Å². The van der Waals surface area contributed by atoms with E-state index in [1.165, 1.54) is 12.1 Å². The number of hydrogen-bond acceptors (Lipinski definition) is 10. The number of carbonyl (C=O) groups is 2. The molecule has 0 aliphatic carbocycles. The Morgan fingerprint density at radius 3 is 2.17 bits per heavy atom. The molecule has 0 saturated heterocycles. The Bertz CT molecular complexity index is 2070. The Morgan fingerprint density at radius 2 is 1.58 bits per heavy atom. The summed E-state index contributed by atoms with van der Waals surface area (Å²) in [6, 6.07) is 22.2. The van der Waals surface area contributed by atoms with Gasteiger partial charge in [0.2, 0.25) is 5.88 Å². The molecule has 1 heterocycles. The average Bonchev–Trinajstić information content (AvgIpc) is 3.51. The van der Waals surface area contributed by atoms with Crippen LogP contribution in [0.5, 0.6) is 11.6 Å². The molecule has 2 atom stereocenters. The van der Waals surface area contributed by atoms with Gasteiger partial charge in [0.15, 0.2) is 8.32 Å². The van der Waals surface area contributed by atoms with E-state index in [0.717, 1.165) is 32.7 Å². The molecule has 0 amide bonds. The summed E-state index contributed by atoms with van der Waals surface area (Å²) in [7, 11) is -2.29. The molecule has 13 nitrogen and oxygen atoms in total. The molecule has 0 fully saturated rings. The van der Waals surface area contributed by atoms with Crippen LogP contribution < -0.4 is 13.8 Å². The number of ether oxygens (including phenoxy) is 4. The van der Waals surface area contributed by atoms with Gasteiger partial charge in [0.1, 0.15) is 30.1 Å². The van der Waals surface area contributed by atoms with E-state index in [1.54, 1.807) is 59.7 Å². The molecule has 4 aromatic rings. The van der Waals surface area contributed by atoms with Gasteiger partial charge in [-0.3, -0.25) is 18.6 Å². The van der Waals surface area contributed by atoms with E-state index in [-0.39, 0.29) is 28.2 Å². The van der Waals surface area contributed by atoms with Crippen LogP contribution in [-0.4, -0.2) is 87.9 Å². The van der Waals surface area contributed by atoms with Gasteiger partial charge in [0, 0.05) is 25.7 Å². The van der Waals surface area contributed by atoms with E-state index in [4.69, 9.17) is 30.2 Å². The van der Waals surface area contributed by atoms with E-state index in [0.29, 0.717) is 30.9 Å². The number of alkyl halides is 2. The highest BCUT2D eigenvalue weighted by Crippen LogP contribution is 2.36. The van der Waals surface area contributed by atoms with Crippen LogP contribution >= 0.6 is 11.6 Å². The standard InChI is InChI=1S/C42H57ClF2N4O9SSi/c1-10-60(11-2,12-3)58-36(30-18-21-33(43)35(24-30)48(59(52)53)28-37(50)56-41(4,5)6)27-47(26-29-16-14-13-15-17-29)22-23-54-31-19-20-32-34(25-31)49(40(51)57-42(7,8)9)46-38(32)55-39(44)45/h13-21,24-25,36,39H,10-12,22-23,26-28H2,1-9H3,(H,52,53). The highest BCUT2D eigenvalue weighted by molar-refractivity contribution is 7.80. The lowest BCUT2D eigenvalue weighted by Gasteiger charge is -2.36. The molecular formula is C42H57ClF2N4O9SSi. The summed E-state index contributed by atoms with van der Waals surface area (Å²) >= 11 is 4.04. The minimum absolute atomic E-state index is 0.162. The molecule has 0 saturated carbocycles. The molecule has 330 valence electrons. The van der Waals surface area contributed by atoms with Crippen molar-refractivity contribution in [1.82, 2.24) is 14.7 Å². The molecule has 4 rings (SSSR count). The van der Waals surface area contributed by atoms with Crippen LogP contribution in [0.25, 0.3) is 10.9 Å². The third kappa shape index (κ3) is 14.0. The second-order valence-corrected chi connectivity index (χ2v) is 22.3. The van der Waals surface area contributed by atoms with Crippen LogP contribution in [0.4, 0.5) is 19.3 Å². The topological polar surface area (TPSA) is 142 Å². The van der Waals surface area contributed by atoms with E-state index in [2.05, 4.69) is 35.5 Å². The molecule has 0 bridgehead atoms. The summed E-state index contributed by atoms with van der Waals surface area (Å²) in [4.78, 5) is 28.1. The summed E-state index contributed by atoms with van der Waals surface area (Å²) in [5, 5.41) is 4.32. The Labute approximate surface area is 359 Å². The molecule has 60 heavy (non-hydrogen) atoms. The van der Waals surface area contributed by atoms with Crippen molar-refractivity contribution in [3.05, 3.63) is 82.9 Å². The van der Waals surface area contributed by atoms with Gasteiger partial charge < -0.3 is 23.4 Å². The van der Waals surface area contributed by atoms with Gasteiger partial charge in [-0.2, -0.15) is 13.5 Å². The van der Waals surface area contributed by atoms with Crippen molar-refractivity contribution < 1.29 is 50.5 Å². The van der Waals surface area contributed by atoms with Crippen LogP contribution in [0.15, 0.2) is 66.7 Å². The minimum atomic E-state index is -3.16. The number of benzene rings is 3. The lowest BCUT2D eigenvalue weighted by Crippen LogP contribution is -2.41. The molecule has 0 spiro atoms. The van der Waals surface area contributed by atoms with Crippen molar-refractivity contribution in [2.75, 3.05) is 30.5 Å². The molecule has 0 radical (unpaired) electrons. The fraction of sp³-hybridized carbons (Fsp3) is 0.500. The zero-order valence-corrected chi connectivity index (χ0v) is 38.3.